The summed E-state index contributed by atoms with van der Waals surface area (Å²) in [6, 6.07) is 61.2. The molecule has 0 N–H and O–H groups in total. The molecule has 2 aliphatic heterocycles. The van der Waals surface area contributed by atoms with Crippen molar-refractivity contribution in [1.29, 1.82) is 0 Å². The Balaban J connectivity index is 1.05. The van der Waals surface area contributed by atoms with Gasteiger partial charge in [-0.1, -0.05) is 257 Å². The molecule has 0 aliphatic carbocycles. The van der Waals surface area contributed by atoms with Crippen LogP contribution in [-0.4, -0.2) is 30.1 Å². The molecule has 0 saturated heterocycles. The lowest BCUT2D eigenvalue weighted by atomic mass is 9.72. The summed E-state index contributed by atoms with van der Waals surface area (Å²) in [6.07, 6.45) is 3.69. The lowest BCUT2D eigenvalue weighted by molar-refractivity contribution is -0.120. The molecule has 0 aromatic heterocycles. The molecule has 620 valence electrons. The second kappa shape index (κ2) is 29.3. The van der Waals surface area contributed by atoms with Gasteiger partial charge >= 0.3 is 0 Å². The normalized spacial score (nSPS) is 14.1. The van der Waals surface area contributed by atoms with Gasteiger partial charge in [0, 0.05) is 43.1 Å². The fourth-order valence-corrected chi connectivity index (χ4v) is 21.3. The van der Waals surface area contributed by atoms with Crippen LogP contribution in [0.5, 0.6) is 51.7 Å². The van der Waals surface area contributed by atoms with Gasteiger partial charge in [-0.25, -0.2) is 9.80 Å². The Labute approximate surface area is 712 Å². The highest BCUT2D eigenvalue weighted by molar-refractivity contribution is 6.49. The van der Waals surface area contributed by atoms with E-state index in [1.807, 2.05) is 78.9 Å². The Morgan fingerprint density at radius 3 is 0.777 bits per heavy atom. The van der Waals surface area contributed by atoms with Crippen LogP contribution in [0.3, 0.4) is 0 Å². The van der Waals surface area contributed by atoms with E-state index >= 15 is 19.2 Å². The molecule has 0 atom stereocenters. The van der Waals surface area contributed by atoms with E-state index in [9.17, 15) is 4.79 Å². The number of hydrogen-bond donors (Lipinski definition) is 0. The zero-order chi connectivity index (χ0) is 86.8. The van der Waals surface area contributed by atoms with Gasteiger partial charge in [0.2, 0.25) is 0 Å². The van der Waals surface area contributed by atoms with Crippen LogP contribution in [0.2, 0.25) is 0 Å². The predicted molar refractivity (Wildman–Crippen MR) is 496 cm³/mol. The fourth-order valence-electron chi connectivity index (χ4n) is 21.3. The summed E-state index contributed by atoms with van der Waals surface area (Å²) < 4.78 is 35.4. The molecule has 121 heavy (non-hydrogen) atoms. The molecule has 0 spiro atoms. The fraction of sp³-hybridized carbons (Fsp3) is 0.349. The second-order valence-electron chi connectivity index (χ2n) is 42.4. The van der Waals surface area contributed by atoms with E-state index in [2.05, 4.69) is 239 Å². The standard InChI is InChI=1S/C109H114N2O10/c1-61(2)73-26-25-27-74(62(3)4)97(73)111-100(115)81-54-85(120-71-42-32-65(33-43-71)108(21,22)58-104(11,12)13)93-77-50-48-75-87-76(49-51-78(88(77)87)94-86(55-82(101(111)116)90(81)96(93)94)121-72-44-34-66(35-45-72)109(23,24)59-105(14,15)16)92-84(119-70-40-30-64(31-41-70)107(19,20)57-103(8,9)10)53-80-89-79(98(113)110(99(80)114)67-36-46-68(47-37-67)117-60-112)52-83(91(75)95(89)92)118-69-38-28-63(29-39-69)106(17,18)56-102(5,6)7/h25-55,60-62H,56-59H2,1-24H3. The average Bonchev–Trinajstić information content (AvgIpc) is 0.668. The van der Waals surface area contributed by atoms with Gasteiger partial charge in [-0.15, -0.1) is 0 Å². The summed E-state index contributed by atoms with van der Waals surface area (Å²) >= 11 is 0. The number of hydrogen-bond acceptors (Lipinski definition) is 10. The minimum absolute atomic E-state index is 0.0334. The number of imide groups is 2. The number of benzene rings is 14. The molecule has 0 radical (unpaired) electrons. The van der Waals surface area contributed by atoms with E-state index in [1.165, 1.54) is 9.80 Å². The highest BCUT2D eigenvalue weighted by atomic mass is 16.5. The van der Waals surface area contributed by atoms with Gasteiger partial charge in [0.05, 0.1) is 33.6 Å². The minimum atomic E-state index is -0.589. The topological polar surface area (TPSA) is 138 Å². The number of carbonyl (C=O) groups excluding carboxylic acids is 5. The highest BCUT2D eigenvalue weighted by Crippen LogP contribution is 2.59. The highest BCUT2D eigenvalue weighted by Gasteiger charge is 2.44. The van der Waals surface area contributed by atoms with Crippen molar-refractivity contribution in [3.05, 3.63) is 244 Å². The molecule has 0 saturated carbocycles. The molecule has 0 bridgehead atoms. The molecule has 14 aromatic carbocycles. The van der Waals surface area contributed by atoms with E-state index in [1.54, 1.807) is 36.4 Å². The van der Waals surface area contributed by atoms with Gasteiger partial charge in [0.15, 0.2) is 0 Å². The van der Waals surface area contributed by atoms with Crippen molar-refractivity contribution in [2.75, 3.05) is 9.80 Å². The first-order valence-corrected chi connectivity index (χ1v) is 42.9. The van der Waals surface area contributed by atoms with Crippen LogP contribution in [0.15, 0.2) is 188 Å². The van der Waals surface area contributed by atoms with E-state index in [0.29, 0.717) is 112 Å². The number of amides is 4. The molecule has 16 rings (SSSR count). The smallest absolute Gasteiger partial charge is 0.298 e. The van der Waals surface area contributed by atoms with Crippen LogP contribution in [0.25, 0.3) is 75.4 Å². The predicted octanol–water partition coefficient (Wildman–Crippen LogP) is 30.0. The van der Waals surface area contributed by atoms with E-state index in [4.69, 9.17) is 23.7 Å². The van der Waals surface area contributed by atoms with Crippen LogP contribution in [0, 0.1) is 21.7 Å². The largest absolute Gasteiger partial charge is 0.457 e. The van der Waals surface area contributed by atoms with Crippen molar-refractivity contribution in [1.82, 2.24) is 0 Å². The molecule has 0 fully saturated rings. The Morgan fingerprint density at radius 2 is 0.537 bits per heavy atom. The summed E-state index contributed by atoms with van der Waals surface area (Å²) in [5, 5.41) is 9.17. The lowest BCUT2D eigenvalue weighted by Crippen LogP contribution is -2.42. The number of nitrogens with zero attached hydrogens (tertiary/aromatic N) is 2. The third-order valence-corrected chi connectivity index (χ3v) is 24.8. The monoisotopic (exact) mass is 1610 g/mol. The van der Waals surface area contributed by atoms with Crippen molar-refractivity contribution < 1.29 is 47.7 Å². The maximum atomic E-state index is 16.6. The van der Waals surface area contributed by atoms with Gasteiger partial charge in [-0.05, 0) is 244 Å². The number of carbonyl (C=O) groups is 5. The van der Waals surface area contributed by atoms with Crippen LogP contribution in [0.1, 0.15) is 279 Å². The summed E-state index contributed by atoms with van der Waals surface area (Å²) in [4.78, 5) is 79.7. The zero-order valence-electron chi connectivity index (χ0n) is 74.9. The molecular formula is C109H114N2O10. The van der Waals surface area contributed by atoms with E-state index < -0.39 is 23.6 Å². The van der Waals surface area contributed by atoms with Crippen molar-refractivity contribution in [2.45, 2.75) is 225 Å². The van der Waals surface area contributed by atoms with Gasteiger partial charge in [-0.2, -0.15) is 0 Å². The first-order chi connectivity index (χ1) is 56.7. The number of para-hydroxylation sites is 1. The maximum Gasteiger partial charge on any atom is 0.298 e. The first kappa shape index (κ1) is 83.0. The number of rotatable bonds is 22. The van der Waals surface area contributed by atoms with Gasteiger partial charge in [0.25, 0.3) is 30.1 Å². The Bertz CT molecular complexity index is 6180. The van der Waals surface area contributed by atoms with Gasteiger partial charge in [0.1, 0.15) is 51.7 Å². The summed E-state index contributed by atoms with van der Waals surface area (Å²) in [5.74, 6) is 1.54. The second-order valence-corrected chi connectivity index (χ2v) is 42.4. The zero-order valence-corrected chi connectivity index (χ0v) is 74.9. The molecule has 12 heteroatoms. The molecule has 2 heterocycles. The minimum Gasteiger partial charge on any atom is -0.457 e. The van der Waals surface area contributed by atoms with Gasteiger partial charge in [-0.3, -0.25) is 24.0 Å². The third kappa shape index (κ3) is 15.1. The molecular weight excluding hydrogens is 1500 g/mol. The van der Waals surface area contributed by atoms with Gasteiger partial charge < -0.3 is 23.7 Å². The van der Waals surface area contributed by atoms with Crippen LogP contribution in [0.4, 0.5) is 11.4 Å². The van der Waals surface area contributed by atoms with Crippen LogP contribution >= 0.6 is 0 Å². The van der Waals surface area contributed by atoms with Crippen molar-refractivity contribution in [3.63, 3.8) is 0 Å². The Hall–Kier alpha value is -11.6. The van der Waals surface area contributed by atoms with Crippen molar-refractivity contribution >= 4 is 117 Å². The Kier molecular flexibility index (Phi) is 20.1. The Morgan fingerprint density at radius 1 is 0.289 bits per heavy atom. The van der Waals surface area contributed by atoms with Crippen LogP contribution in [-0.2, 0) is 26.5 Å². The summed E-state index contributed by atoms with van der Waals surface area (Å²) in [6.45, 7) is 54.1. The molecule has 0 unspecified atom stereocenters. The van der Waals surface area contributed by atoms with E-state index in [0.717, 1.165) is 91.4 Å². The van der Waals surface area contributed by atoms with Crippen LogP contribution < -0.4 is 33.5 Å². The summed E-state index contributed by atoms with van der Waals surface area (Å²) in [5.41, 5.74) is 7.51. The van der Waals surface area contributed by atoms with Crippen molar-refractivity contribution in [2.24, 2.45) is 21.7 Å². The quantitative estimate of drug-likeness (QED) is 0.0279. The molecule has 4 amide bonds. The maximum absolute atomic E-state index is 16.6. The SMILES string of the molecule is CC(C)c1cccc(C(C)C)c1N1C(=O)c2cc(Oc3ccc(C(C)(C)CC(C)(C)C)cc3)c3c4ccc5c6c(Oc7ccc(C(C)(C)CC(C)(C)C)cc7)cc7c8c(cc(Oc9ccc(C(C)(C)CC(C)(C)C)cc9)c(c9ccc(c%10c(Oc%11ccc(C(C)(C)CC(C)(C)C)cc%11)cc(c2c3%10)C1=O)c4c59)c86)C(=O)N(c1ccc(OC=O)cc1)C7=O. The molecule has 12 nitrogen and oxygen atoms in total. The number of fused-ring (bicyclic) bond motifs is 4. The molecule has 2 aliphatic rings. The average molecular weight is 1610 g/mol. The van der Waals surface area contributed by atoms with E-state index in [-0.39, 0.29) is 77.7 Å². The first-order valence-electron chi connectivity index (χ1n) is 42.9. The van der Waals surface area contributed by atoms with Crippen molar-refractivity contribution in [3.8, 4) is 51.7 Å². The summed E-state index contributed by atoms with van der Waals surface area (Å²) in [7, 11) is 0. The molecule has 14 aromatic rings. The third-order valence-electron chi connectivity index (χ3n) is 24.8. The number of ether oxygens (including phenoxy) is 5. The lowest BCUT2D eigenvalue weighted by Gasteiger charge is -2.34. The number of anilines is 2.